The van der Waals surface area contributed by atoms with Gasteiger partial charge in [0.25, 0.3) is 11.5 Å². The van der Waals surface area contributed by atoms with Crippen LogP contribution in [0.15, 0.2) is 10.9 Å². The Labute approximate surface area is 137 Å². The number of nitrogens with two attached hydrogens (primary N) is 1. The van der Waals surface area contributed by atoms with Crippen molar-refractivity contribution in [3.05, 3.63) is 27.0 Å². The molecule has 2 heterocycles. The Morgan fingerprint density at radius 3 is 2.70 bits per heavy atom. The minimum absolute atomic E-state index is 0.0218. The number of rotatable bonds is 5. The monoisotopic (exact) mass is 341 g/mol. The summed E-state index contributed by atoms with van der Waals surface area (Å²) in [6.45, 7) is 1.63. The van der Waals surface area contributed by atoms with Crippen molar-refractivity contribution in [1.29, 1.82) is 0 Å². The first-order chi connectivity index (χ1) is 10.9. The second kappa shape index (κ2) is 7.47. The maximum atomic E-state index is 12.1. The average molecular weight is 342 g/mol. The minimum atomic E-state index is -1.09. The summed E-state index contributed by atoms with van der Waals surface area (Å²) < 4.78 is 0. The van der Waals surface area contributed by atoms with Crippen LogP contribution in [-0.2, 0) is 4.79 Å². The second-order valence-corrected chi connectivity index (χ2v) is 5.98. The number of H-pyrrole nitrogens is 1. The van der Waals surface area contributed by atoms with Crippen molar-refractivity contribution in [2.24, 2.45) is 5.92 Å². The molecule has 1 aliphatic rings. The molecular weight excluding hydrogens is 324 g/mol. The maximum absolute atomic E-state index is 12.1. The predicted octanol–water partition coefficient (Wildman–Crippen LogP) is -1.20. The maximum Gasteiger partial charge on any atom is 0.262 e. The van der Waals surface area contributed by atoms with E-state index in [4.69, 9.17) is 17.3 Å². The molecule has 2 rings (SSSR count). The van der Waals surface area contributed by atoms with Gasteiger partial charge in [-0.2, -0.15) is 0 Å². The summed E-state index contributed by atoms with van der Waals surface area (Å²) >= 11 is 5.80. The van der Waals surface area contributed by atoms with Crippen molar-refractivity contribution in [2.75, 3.05) is 31.9 Å². The summed E-state index contributed by atoms with van der Waals surface area (Å²) in [5.41, 5.74) is 4.78. The molecule has 1 amide bonds. The summed E-state index contributed by atoms with van der Waals surface area (Å²) in [4.78, 5) is 38.4. The van der Waals surface area contributed by atoms with Crippen LogP contribution in [0.2, 0.25) is 5.02 Å². The van der Waals surface area contributed by atoms with Crippen LogP contribution in [-0.4, -0.2) is 47.9 Å². The number of carboxylic acids is 1. The van der Waals surface area contributed by atoms with E-state index in [9.17, 15) is 19.5 Å². The number of pyridine rings is 1. The number of carbonyl (C=O) groups excluding carboxylic acids is 2. The number of anilines is 1. The van der Waals surface area contributed by atoms with Crippen LogP contribution in [0.4, 0.5) is 5.82 Å². The van der Waals surface area contributed by atoms with Crippen LogP contribution in [0.1, 0.15) is 23.2 Å². The average Bonchev–Trinajstić information content (AvgIpc) is 2.49. The number of hydrogen-bond donors (Lipinski definition) is 3. The third-order valence-corrected chi connectivity index (χ3v) is 4.19. The number of aromatic amines is 1. The third-order valence-electron chi connectivity index (χ3n) is 3.88. The van der Waals surface area contributed by atoms with Gasteiger partial charge in [0.15, 0.2) is 0 Å². The Bertz CT molecular complexity index is 653. The molecule has 1 aromatic rings. The minimum Gasteiger partial charge on any atom is -0.549 e. The van der Waals surface area contributed by atoms with Gasteiger partial charge in [0.05, 0.1) is 11.0 Å². The molecule has 0 spiro atoms. The molecule has 4 N–H and O–H groups in total. The van der Waals surface area contributed by atoms with Gasteiger partial charge in [-0.25, -0.2) is 0 Å². The molecule has 0 aromatic carbocycles. The van der Waals surface area contributed by atoms with Crippen molar-refractivity contribution >= 4 is 29.3 Å². The molecule has 1 saturated heterocycles. The number of amides is 1. The van der Waals surface area contributed by atoms with Gasteiger partial charge >= 0.3 is 0 Å². The smallest absolute Gasteiger partial charge is 0.262 e. The van der Waals surface area contributed by atoms with Crippen molar-refractivity contribution in [3.8, 4) is 0 Å². The number of nitrogens with one attached hydrogen (secondary N) is 2. The number of hydrogen-bond acceptors (Lipinski definition) is 6. The van der Waals surface area contributed by atoms with E-state index < -0.39 is 17.4 Å². The Balaban J connectivity index is 1.85. The van der Waals surface area contributed by atoms with Gasteiger partial charge < -0.3 is 25.9 Å². The lowest BCUT2D eigenvalue weighted by molar-refractivity contribution is -0.306. The van der Waals surface area contributed by atoms with E-state index in [1.54, 1.807) is 4.90 Å². The molecule has 23 heavy (non-hydrogen) atoms. The first-order valence-corrected chi connectivity index (χ1v) is 7.63. The molecule has 0 radical (unpaired) electrons. The molecule has 0 atom stereocenters. The van der Waals surface area contributed by atoms with Crippen LogP contribution in [0.5, 0.6) is 0 Å². The highest BCUT2D eigenvalue weighted by Crippen LogP contribution is 2.17. The number of aromatic nitrogens is 1. The lowest BCUT2D eigenvalue weighted by Gasteiger charge is -2.32. The van der Waals surface area contributed by atoms with Gasteiger partial charge in [0.1, 0.15) is 11.4 Å². The van der Waals surface area contributed by atoms with E-state index in [1.165, 1.54) is 6.07 Å². The topological polar surface area (TPSA) is 131 Å². The van der Waals surface area contributed by atoms with Crippen LogP contribution in [0, 0.1) is 5.92 Å². The fraction of sp³-hybridized carbons (Fsp3) is 0.500. The van der Waals surface area contributed by atoms with E-state index in [2.05, 4.69) is 10.3 Å². The van der Waals surface area contributed by atoms with Gasteiger partial charge in [-0.3, -0.25) is 14.5 Å². The van der Waals surface area contributed by atoms with E-state index in [0.29, 0.717) is 19.6 Å². The Kier molecular flexibility index (Phi) is 5.62. The zero-order valence-corrected chi connectivity index (χ0v) is 13.2. The Hall–Kier alpha value is -2.06. The van der Waals surface area contributed by atoms with Crippen LogP contribution in [0.3, 0.4) is 0 Å². The third kappa shape index (κ3) is 4.70. The summed E-state index contributed by atoms with van der Waals surface area (Å²) in [7, 11) is 0. The van der Waals surface area contributed by atoms with Crippen molar-refractivity contribution < 1.29 is 14.7 Å². The molecule has 1 aromatic heterocycles. The molecule has 1 aliphatic heterocycles. The normalized spacial score (nSPS) is 16.2. The quantitative estimate of drug-likeness (QED) is 0.616. The van der Waals surface area contributed by atoms with E-state index >= 15 is 0 Å². The molecule has 0 saturated carbocycles. The Morgan fingerprint density at radius 1 is 1.43 bits per heavy atom. The van der Waals surface area contributed by atoms with E-state index in [-0.39, 0.29) is 28.9 Å². The zero-order valence-electron chi connectivity index (χ0n) is 12.4. The highest BCUT2D eigenvalue weighted by Gasteiger charge is 2.20. The number of aliphatic carboxylic acids is 1. The lowest BCUT2D eigenvalue weighted by atomic mass is 9.96. The highest BCUT2D eigenvalue weighted by atomic mass is 35.5. The Morgan fingerprint density at radius 2 is 2.09 bits per heavy atom. The summed E-state index contributed by atoms with van der Waals surface area (Å²) in [5.74, 6) is -1.34. The first-order valence-electron chi connectivity index (χ1n) is 7.25. The summed E-state index contributed by atoms with van der Waals surface area (Å²) in [6.07, 6.45) is 1.54. The number of carboxylic acid groups (broad SMARTS) is 1. The van der Waals surface area contributed by atoms with E-state index in [0.717, 1.165) is 12.8 Å². The first kappa shape index (κ1) is 17.3. The van der Waals surface area contributed by atoms with Crippen LogP contribution in [0.25, 0.3) is 0 Å². The van der Waals surface area contributed by atoms with Gasteiger partial charge in [-0.1, -0.05) is 11.6 Å². The van der Waals surface area contributed by atoms with Gasteiger partial charge in [-0.05, 0) is 37.9 Å². The molecule has 0 unspecified atom stereocenters. The van der Waals surface area contributed by atoms with Crippen LogP contribution < -0.4 is 21.7 Å². The van der Waals surface area contributed by atoms with Gasteiger partial charge in [0, 0.05) is 13.1 Å². The number of likely N-dealkylation sites (tertiary alicyclic amines) is 1. The SMILES string of the molecule is Nc1[nH]c(=O)c(C(=O)NCC2CCN(CC(=O)[O-])CC2)cc1Cl. The fourth-order valence-electron chi connectivity index (χ4n) is 2.55. The number of nitrogens with zero attached hydrogens (tertiary/aromatic N) is 1. The fourth-order valence-corrected chi connectivity index (χ4v) is 2.71. The van der Waals surface area contributed by atoms with Gasteiger partial charge in [-0.15, -0.1) is 0 Å². The van der Waals surface area contributed by atoms with Crippen molar-refractivity contribution in [3.63, 3.8) is 0 Å². The summed E-state index contributed by atoms with van der Waals surface area (Å²) in [5, 5.41) is 13.4. The number of halogens is 1. The van der Waals surface area contributed by atoms with Crippen LogP contribution >= 0.6 is 11.6 Å². The zero-order chi connectivity index (χ0) is 17.0. The van der Waals surface area contributed by atoms with Gasteiger partial charge in [0.2, 0.25) is 0 Å². The van der Waals surface area contributed by atoms with Crippen molar-refractivity contribution in [2.45, 2.75) is 12.8 Å². The largest absolute Gasteiger partial charge is 0.549 e. The summed E-state index contributed by atoms with van der Waals surface area (Å²) in [6, 6.07) is 1.24. The lowest BCUT2D eigenvalue weighted by Crippen LogP contribution is -2.44. The number of piperidine rings is 1. The molecule has 9 heteroatoms. The second-order valence-electron chi connectivity index (χ2n) is 5.58. The molecule has 0 bridgehead atoms. The number of carbonyl (C=O) groups is 2. The molecule has 8 nitrogen and oxygen atoms in total. The van der Waals surface area contributed by atoms with Crippen molar-refractivity contribution in [1.82, 2.24) is 15.2 Å². The molecular formula is C14H18ClN4O4-. The number of nitrogen functional groups attached to an aromatic ring is 1. The standard InChI is InChI=1S/C14H19ClN4O4/c15-10-5-9(14(23)18-12(10)16)13(22)17-6-8-1-3-19(4-2-8)7-11(20)21/h5,8H,1-4,6-7H2,(H,17,22)(H,20,21)(H3,16,18,23)/p-1. The molecule has 126 valence electrons. The predicted molar refractivity (Wildman–Crippen MR) is 83.0 cm³/mol. The molecule has 0 aliphatic carbocycles. The highest BCUT2D eigenvalue weighted by molar-refractivity contribution is 6.33. The molecule has 1 fully saturated rings. The van der Waals surface area contributed by atoms with E-state index in [1.807, 2.05) is 0 Å².